The number of aryl methyl sites for hydroxylation is 2. The molecule has 0 aliphatic carbocycles. The summed E-state index contributed by atoms with van der Waals surface area (Å²) in [6.07, 6.45) is 0.936. The van der Waals surface area contributed by atoms with Crippen molar-refractivity contribution in [2.45, 2.75) is 13.8 Å². The second-order valence-corrected chi connectivity index (χ2v) is 5.33. The molecule has 0 spiro atoms. The van der Waals surface area contributed by atoms with E-state index in [-0.39, 0.29) is 25.9 Å². The first-order chi connectivity index (χ1) is 14.9. The Morgan fingerprint density at radius 2 is 2.04 bits per heavy atom. The molecule has 0 aliphatic heterocycles. The van der Waals surface area contributed by atoms with E-state index in [1.54, 1.807) is 6.92 Å². The summed E-state index contributed by atoms with van der Waals surface area (Å²) >= 11 is 0. The molecule has 0 saturated carbocycles. The van der Waals surface area contributed by atoms with Crippen LogP contribution in [0.3, 0.4) is 0 Å². The van der Waals surface area contributed by atoms with Crippen LogP contribution in [0.1, 0.15) is 45.7 Å². The van der Waals surface area contributed by atoms with Crippen molar-refractivity contribution in [2.75, 3.05) is 14.0 Å². The molecule has 7 nitrogen and oxygen atoms in total. The first kappa shape index (κ1) is 8.23. The molecule has 0 unspecified atom stereocenters. The third kappa shape index (κ3) is 2.12. The van der Waals surface area contributed by atoms with Crippen LogP contribution in [0.4, 0.5) is 0 Å². The molecule has 124 valence electrons. The number of hydrogen-bond donors (Lipinski definition) is 0. The van der Waals surface area contributed by atoms with E-state index >= 15 is 0 Å². The number of benzene rings is 1. The molecule has 0 atom stereocenters. The minimum Gasteiger partial charge on any atom is -0.343 e. The van der Waals surface area contributed by atoms with E-state index in [9.17, 15) is 14.4 Å². The van der Waals surface area contributed by atoms with Crippen LogP contribution in [-0.4, -0.2) is 44.5 Å². The Hall–Kier alpha value is -2.96. The van der Waals surface area contributed by atoms with Gasteiger partial charge in [-0.3, -0.25) is 23.4 Å². The largest absolute Gasteiger partial charge is 0.343 e. The van der Waals surface area contributed by atoms with Gasteiger partial charge < -0.3 is 4.90 Å². The lowest BCUT2D eigenvalue weighted by atomic mass is 10.0. The molecule has 3 rings (SSSR count). The van der Waals surface area contributed by atoms with Gasteiger partial charge in [-0.25, -0.2) is 4.98 Å². The fraction of sp³-hybridized carbons (Fsp3) is 0.294. The van der Waals surface area contributed by atoms with Crippen LogP contribution in [0.5, 0.6) is 0 Å². The number of Topliss-reactive ketones (excluding diaryl/α,β-unsaturated/α-hetero) is 1. The zero-order valence-electron chi connectivity index (χ0n) is 21.7. The molecule has 0 fully saturated rings. The highest BCUT2D eigenvalue weighted by Crippen LogP contribution is 2.22. The van der Waals surface area contributed by atoms with Crippen molar-refractivity contribution < 1.29 is 21.9 Å². The molecule has 1 amide bonds. The standard InChI is InChI=1S/C17H18N4O3/c1-9-6-11(10(2)22)14-12(7-9)16(23)20(5)15-13(17(24)19(3)4)18-8-21(14)15/h6-8H,1-5H3/i3D3,4D3,5D3. The smallest absolute Gasteiger partial charge is 0.275 e. The number of nitrogens with zero attached hydrogens (tertiary/aromatic N) is 4. The van der Waals surface area contributed by atoms with Crippen molar-refractivity contribution in [2.24, 2.45) is 6.98 Å². The van der Waals surface area contributed by atoms with E-state index < -0.39 is 49.5 Å². The first-order valence-corrected chi connectivity index (χ1v) is 6.80. The van der Waals surface area contributed by atoms with E-state index in [1.165, 1.54) is 19.1 Å². The predicted molar refractivity (Wildman–Crippen MR) is 90.7 cm³/mol. The van der Waals surface area contributed by atoms with Crippen LogP contribution < -0.4 is 5.56 Å². The van der Waals surface area contributed by atoms with Crippen LogP contribution in [0.25, 0.3) is 16.6 Å². The molecule has 24 heavy (non-hydrogen) atoms. The van der Waals surface area contributed by atoms with Gasteiger partial charge >= 0.3 is 0 Å². The lowest BCUT2D eigenvalue weighted by Crippen LogP contribution is -2.26. The summed E-state index contributed by atoms with van der Waals surface area (Å²) in [7, 11) is 0. The molecule has 7 heteroatoms. The van der Waals surface area contributed by atoms with Gasteiger partial charge in [0.2, 0.25) is 0 Å². The van der Waals surface area contributed by atoms with E-state index in [2.05, 4.69) is 4.98 Å². The van der Waals surface area contributed by atoms with E-state index in [0.717, 1.165) is 10.7 Å². The fourth-order valence-corrected chi connectivity index (χ4v) is 2.66. The summed E-state index contributed by atoms with van der Waals surface area (Å²) in [6, 6.07) is 2.83. The Bertz CT molecular complexity index is 1350. The number of carbonyl (C=O) groups excluding carboxylic acids is 2. The molecule has 0 N–H and O–H groups in total. The van der Waals surface area contributed by atoms with Gasteiger partial charge in [-0.2, -0.15) is 0 Å². The van der Waals surface area contributed by atoms with Gasteiger partial charge in [0, 0.05) is 38.8 Å². The summed E-state index contributed by atoms with van der Waals surface area (Å²) in [6.45, 7) is -7.19. The van der Waals surface area contributed by atoms with Crippen molar-refractivity contribution in [1.29, 1.82) is 0 Å². The van der Waals surface area contributed by atoms with Gasteiger partial charge in [-0.1, -0.05) is 0 Å². The van der Waals surface area contributed by atoms with Gasteiger partial charge in [0.1, 0.15) is 6.33 Å². The van der Waals surface area contributed by atoms with Crippen LogP contribution in [-0.2, 0) is 6.98 Å². The van der Waals surface area contributed by atoms with Crippen molar-refractivity contribution in [3.05, 3.63) is 45.6 Å². The number of hydrogen-bond acceptors (Lipinski definition) is 4. The number of aromatic nitrogens is 3. The normalized spacial score (nSPS) is 18.3. The summed E-state index contributed by atoms with van der Waals surface area (Å²) < 4.78 is 69.6. The van der Waals surface area contributed by atoms with E-state index in [1.807, 2.05) is 0 Å². The van der Waals surface area contributed by atoms with Gasteiger partial charge in [-0.05, 0) is 31.5 Å². The number of amides is 1. The van der Waals surface area contributed by atoms with Gasteiger partial charge in [0.15, 0.2) is 17.1 Å². The van der Waals surface area contributed by atoms with Gasteiger partial charge in [0.05, 0.1) is 10.9 Å². The van der Waals surface area contributed by atoms with Gasteiger partial charge in [-0.15, -0.1) is 0 Å². The van der Waals surface area contributed by atoms with Crippen molar-refractivity contribution in [3.8, 4) is 0 Å². The van der Waals surface area contributed by atoms with Crippen molar-refractivity contribution >= 4 is 28.2 Å². The van der Waals surface area contributed by atoms with Crippen LogP contribution >= 0.6 is 0 Å². The molecule has 0 aliphatic rings. The molecule has 0 bridgehead atoms. The van der Waals surface area contributed by atoms with E-state index in [4.69, 9.17) is 12.3 Å². The number of carbonyl (C=O) groups is 2. The molecule has 0 radical (unpaired) electrons. The minimum absolute atomic E-state index is 0.0321. The quantitative estimate of drug-likeness (QED) is 0.663. The average molecular weight is 335 g/mol. The molecule has 1 aromatic carbocycles. The highest BCUT2D eigenvalue weighted by atomic mass is 16.2. The molecule has 0 saturated heterocycles. The highest BCUT2D eigenvalue weighted by molar-refractivity contribution is 6.07. The summed E-state index contributed by atoms with van der Waals surface area (Å²) in [5, 5.41) is -0.149. The minimum atomic E-state index is -3.43. The lowest BCUT2D eigenvalue weighted by molar-refractivity contribution is 0.0823. The fourth-order valence-electron chi connectivity index (χ4n) is 2.66. The molecule has 3 aromatic rings. The topological polar surface area (TPSA) is 76.7 Å². The molecule has 2 aromatic heterocycles. The second kappa shape index (κ2) is 5.30. The molecular weight excluding hydrogens is 308 g/mol. The zero-order chi connectivity index (χ0) is 25.3. The molecule has 2 heterocycles. The van der Waals surface area contributed by atoms with Crippen LogP contribution in [0.2, 0.25) is 0 Å². The first-order valence-electron chi connectivity index (χ1n) is 11.3. The maximum Gasteiger partial charge on any atom is 0.275 e. The highest BCUT2D eigenvalue weighted by Gasteiger charge is 2.22. The number of fused-ring (bicyclic) bond motifs is 3. The van der Waals surface area contributed by atoms with Crippen LogP contribution in [0.15, 0.2) is 23.3 Å². The Labute approximate surface area is 150 Å². The second-order valence-electron chi connectivity index (χ2n) is 5.33. The Balaban J connectivity index is 2.58. The van der Waals surface area contributed by atoms with Crippen LogP contribution in [0, 0.1) is 6.92 Å². The van der Waals surface area contributed by atoms with E-state index in [0.29, 0.717) is 5.56 Å². The Kier molecular flexibility index (Phi) is 1.82. The summed E-state index contributed by atoms with van der Waals surface area (Å²) in [5.41, 5.74) is -2.16. The number of rotatable bonds is 2. The summed E-state index contributed by atoms with van der Waals surface area (Å²) in [4.78, 5) is 42.0. The SMILES string of the molecule is [2H]C([2H])([2H])N(C(=O)c1ncn2c3c(C(C)=O)cc(C)cc3c(=O)n(C([2H])([2H])[2H])c12)C([2H])([2H])[2H]. The predicted octanol–water partition coefficient (Wildman–Crippen LogP) is 1.40. The third-order valence-corrected chi connectivity index (χ3v) is 3.67. The number of imidazole rings is 1. The van der Waals surface area contributed by atoms with Crippen molar-refractivity contribution in [1.82, 2.24) is 18.9 Å². The summed E-state index contributed by atoms with van der Waals surface area (Å²) in [5.74, 6) is -2.10. The Morgan fingerprint density at radius 1 is 1.29 bits per heavy atom. The lowest BCUT2D eigenvalue weighted by Gasteiger charge is -2.13. The Morgan fingerprint density at radius 3 is 2.67 bits per heavy atom. The van der Waals surface area contributed by atoms with Gasteiger partial charge in [0.25, 0.3) is 11.5 Å². The van der Waals surface area contributed by atoms with Crippen molar-refractivity contribution in [3.63, 3.8) is 0 Å². The molecular formula is C17H18N4O3. The monoisotopic (exact) mass is 335 g/mol. The zero-order valence-corrected chi connectivity index (χ0v) is 12.7. The average Bonchev–Trinajstić information content (AvgIpc) is 3.01. The number of ketones is 1. The third-order valence-electron chi connectivity index (χ3n) is 3.67. The maximum atomic E-state index is 13.3. The maximum absolute atomic E-state index is 13.3.